The number of unbranched alkanes of at least 4 members (excludes halogenated alkanes) is 4. The summed E-state index contributed by atoms with van der Waals surface area (Å²) < 4.78 is 0. The maximum Gasteiger partial charge on any atom is 2.00 e. The van der Waals surface area contributed by atoms with Gasteiger partial charge in [0.15, 0.2) is 0 Å². The van der Waals surface area contributed by atoms with Gasteiger partial charge < -0.3 is 13.8 Å². The van der Waals surface area contributed by atoms with Crippen LogP contribution in [0.25, 0.3) is 0 Å². The number of hydrogen-bond acceptors (Lipinski definition) is 0. The SMILES string of the molecule is [CH2-]CC(C)CCCCC.[CH2-]CC(C)CCCCC.[Mg+2]. The Hall–Kier alpha value is 0.766. The van der Waals surface area contributed by atoms with E-state index in [-0.39, 0.29) is 23.1 Å². The van der Waals surface area contributed by atoms with Gasteiger partial charge in [-0.3, -0.25) is 0 Å². The minimum Gasteiger partial charge on any atom is -0.343 e. The molecule has 0 aromatic rings. The fourth-order valence-corrected chi connectivity index (χ4v) is 1.77. The largest absolute Gasteiger partial charge is 2.00 e. The van der Waals surface area contributed by atoms with Gasteiger partial charge in [0.1, 0.15) is 0 Å². The molecule has 0 aromatic carbocycles. The maximum atomic E-state index is 3.86. The van der Waals surface area contributed by atoms with Gasteiger partial charge in [0, 0.05) is 0 Å². The van der Waals surface area contributed by atoms with Gasteiger partial charge in [-0.25, -0.2) is 0 Å². The van der Waals surface area contributed by atoms with Crippen LogP contribution >= 0.6 is 0 Å². The van der Waals surface area contributed by atoms with Gasteiger partial charge in [-0.2, -0.15) is 12.8 Å². The Morgan fingerprint density at radius 2 is 1.00 bits per heavy atom. The molecule has 0 spiro atoms. The Kier molecular flexibility index (Phi) is 27.5. The van der Waals surface area contributed by atoms with Crippen LogP contribution in [0.4, 0.5) is 0 Å². The summed E-state index contributed by atoms with van der Waals surface area (Å²) in [7, 11) is 0. The maximum absolute atomic E-state index is 3.86. The second-order valence-electron chi connectivity index (χ2n) is 5.78. The molecule has 0 aliphatic carbocycles. The van der Waals surface area contributed by atoms with Gasteiger partial charge in [0.25, 0.3) is 0 Å². The van der Waals surface area contributed by atoms with Crippen molar-refractivity contribution in [2.45, 2.75) is 91.9 Å². The summed E-state index contributed by atoms with van der Waals surface area (Å²) in [4.78, 5) is 0. The third-order valence-electron chi connectivity index (χ3n) is 3.59. The van der Waals surface area contributed by atoms with E-state index in [1.54, 1.807) is 0 Å². The minimum atomic E-state index is 0. The molecule has 0 aromatic heterocycles. The quantitative estimate of drug-likeness (QED) is 0.244. The van der Waals surface area contributed by atoms with Crippen LogP contribution in [0.2, 0.25) is 0 Å². The van der Waals surface area contributed by atoms with Crippen molar-refractivity contribution in [3.8, 4) is 0 Å². The Labute approximate surface area is 140 Å². The zero-order valence-corrected chi connectivity index (χ0v) is 15.8. The minimum absolute atomic E-state index is 0. The summed E-state index contributed by atoms with van der Waals surface area (Å²) in [5.74, 6) is 1.69. The van der Waals surface area contributed by atoms with E-state index in [9.17, 15) is 0 Å². The Morgan fingerprint density at radius 3 is 1.21 bits per heavy atom. The van der Waals surface area contributed by atoms with Crippen molar-refractivity contribution in [3.05, 3.63) is 13.8 Å². The Balaban J connectivity index is -0.000000256. The second-order valence-corrected chi connectivity index (χ2v) is 5.78. The summed E-state index contributed by atoms with van der Waals surface area (Å²) in [6.45, 7) is 16.8. The van der Waals surface area contributed by atoms with Crippen molar-refractivity contribution < 1.29 is 0 Å². The fraction of sp³-hybridized carbons (Fsp3) is 0.889. The molecule has 0 radical (unpaired) electrons. The molecule has 0 aliphatic rings. The predicted molar refractivity (Wildman–Crippen MR) is 92.3 cm³/mol. The molecule has 0 N–H and O–H groups in total. The molecule has 0 amide bonds. The van der Waals surface area contributed by atoms with Gasteiger partial charge in [0.2, 0.25) is 0 Å². The molecule has 112 valence electrons. The van der Waals surface area contributed by atoms with Crippen molar-refractivity contribution in [2.24, 2.45) is 11.8 Å². The van der Waals surface area contributed by atoms with E-state index in [4.69, 9.17) is 0 Å². The van der Waals surface area contributed by atoms with Crippen LogP contribution in [0, 0.1) is 25.7 Å². The molecule has 0 fully saturated rings. The molecule has 0 aliphatic heterocycles. The second kappa shape index (κ2) is 21.1. The Morgan fingerprint density at radius 1 is 0.684 bits per heavy atom. The first-order chi connectivity index (χ1) is 8.62. The zero-order valence-electron chi connectivity index (χ0n) is 14.3. The van der Waals surface area contributed by atoms with Gasteiger partial charge in [0.05, 0.1) is 0 Å². The van der Waals surface area contributed by atoms with Crippen LogP contribution < -0.4 is 0 Å². The van der Waals surface area contributed by atoms with Gasteiger partial charge in [-0.05, 0) is 0 Å². The summed E-state index contributed by atoms with van der Waals surface area (Å²) >= 11 is 0. The normalized spacial score (nSPS) is 12.9. The predicted octanol–water partition coefficient (Wildman–Crippen LogP) is 6.47. The standard InChI is InChI=1S/2C9H19.Mg/c2*1-4-6-7-8-9(3)5-2;/h2*9H,2,4-8H2,1,3H3;/q2*-1;+2. The van der Waals surface area contributed by atoms with E-state index in [2.05, 4.69) is 41.5 Å². The summed E-state index contributed by atoms with van der Waals surface area (Å²) in [6, 6.07) is 0. The van der Waals surface area contributed by atoms with Crippen molar-refractivity contribution in [1.82, 2.24) is 0 Å². The molecule has 0 saturated heterocycles. The van der Waals surface area contributed by atoms with E-state index >= 15 is 0 Å². The third-order valence-corrected chi connectivity index (χ3v) is 3.59. The fourth-order valence-electron chi connectivity index (χ4n) is 1.77. The van der Waals surface area contributed by atoms with Gasteiger partial charge in [-0.15, -0.1) is 0 Å². The third kappa shape index (κ3) is 24.2. The number of rotatable bonds is 10. The first-order valence-electron chi connectivity index (χ1n) is 8.20. The van der Waals surface area contributed by atoms with Crippen molar-refractivity contribution in [1.29, 1.82) is 0 Å². The smallest absolute Gasteiger partial charge is 0.343 e. The van der Waals surface area contributed by atoms with E-state index in [1.807, 2.05) is 0 Å². The van der Waals surface area contributed by atoms with Crippen LogP contribution in [-0.4, -0.2) is 23.1 Å². The van der Waals surface area contributed by atoms with Crippen molar-refractivity contribution in [2.75, 3.05) is 0 Å². The van der Waals surface area contributed by atoms with E-state index < -0.39 is 0 Å². The molecule has 1 heteroatoms. The van der Waals surface area contributed by atoms with Crippen molar-refractivity contribution in [3.63, 3.8) is 0 Å². The monoisotopic (exact) mass is 278 g/mol. The van der Waals surface area contributed by atoms with Crippen LogP contribution in [0.5, 0.6) is 0 Å². The van der Waals surface area contributed by atoms with Crippen molar-refractivity contribution >= 4 is 23.1 Å². The molecule has 0 bridgehead atoms. The number of hydrogen-bond donors (Lipinski definition) is 0. The average molecular weight is 279 g/mol. The van der Waals surface area contributed by atoms with Gasteiger partial charge >= 0.3 is 23.1 Å². The molecular formula is C18H38Mg. The summed E-state index contributed by atoms with van der Waals surface area (Å²) in [5, 5.41) is 0. The molecule has 19 heavy (non-hydrogen) atoms. The summed E-state index contributed by atoms with van der Waals surface area (Å²) in [6.07, 6.45) is 13.2. The topological polar surface area (TPSA) is 0 Å². The molecular weight excluding hydrogens is 241 g/mol. The van der Waals surface area contributed by atoms with E-state index in [0.29, 0.717) is 0 Å². The van der Waals surface area contributed by atoms with Crippen LogP contribution in [0.3, 0.4) is 0 Å². The van der Waals surface area contributed by atoms with Crippen LogP contribution in [0.1, 0.15) is 91.9 Å². The first-order valence-corrected chi connectivity index (χ1v) is 8.20. The first kappa shape index (κ1) is 24.8. The van der Waals surface area contributed by atoms with E-state index in [0.717, 1.165) is 24.7 Å². The zero-order chi connectivity index (χ0) is 14.2. The molecule has 0 saturated carbocycles. The molecule has 0 heterocycles. The summed E-state index contributed by atoms with van der Waals surface area (Å²) in [5.41, 5.74) is 0. The van der Waals surface area contributed by atoms with E-state index in [1.165, 1.54) is 51.4 Å². The van der Waals surface area contributed by atoms with Gasteiger partial charge in [-0.1, -0.05) is 90.9 Å². The van der Waals surface area contributed by atoms with Crippen LogP contribution in [0.15, 0.2) is 0 Å². The Bertz CT molecular complexity index is 118. The molecule has 0 rings (SSSR count). The van der Waals surface area contributed by atoms with Crippen LogP contribution in [-0.2, 0) is 0 Å². The molecule has 2 unspecified atom stereocenters. The molecule has 2 atom stereocenters. The molecule has 0 nitrogen and oxygen atoms in total. The average Bonchev–Trinajstić information content (AvgIpc) is 2.39.